The maximum absolute atomic E-state index is 11.9. The van der Waals surface area contributed by atoms with Gasteiger partial charge in [-0.1, -0.05) is 19.3 Å². The van der Waals surface area contributed by atoms with Crippen LogP contribution in [0.5, 0.6) is 0 Å². The first-order chi connectivity index (χ1) is 9.13. The molecule has 0 saturated heterocycles. The standard InChI is InChI=1S/C15H26O5/c1-11(16)12(14(19)20-15(2,3)4)9-7-5-6-8-10-13(17)18/h12H,5-10H2,1-4H3,(H,17,18)/p-1. The Hall–Kier alpha value is -1.39. The van der Waals surface area contributed by atoms with E-state index in [1.165, 1.54) is 6.92 Å². The molecule has 0 heterocycles. The topological polar surface area (TPSA) is 83.5 Å². The summed E-state index contributed by atoms with van der Waals surface area (Å²) in [6, 6.07) is 0. The number of unbranched alkanes of at least 4 members (excludes halogenated alkanes) is 3. The predicted octanol–water partition coefficient (Wildman–Crippen LogP) is 1.62. The van der Waals surface area contributed by atoms with Gasteiger partial charge < -0.3 is 14.6 Å². The predicted molar refractivity (Wildman–Crippen MR) is 72.7 cm³/mol. The smallest absolute Gasteiger partial charge is 0.316 e. The van der Waals surface area contributed by atoms with E-state index >= 15 is 0 Å². The highest BCUT2D eigenvalue weighted by molar-refractivity contribution is 5.97. The third-order valence-corrected chi connectivity index (χ3v) is 2.81. The number of carboxylic acid groups (broad SMARTS) is 1. The Morgan fingerprint density at radius 2 is 1.60 bits per heavy atom. The van der Waals surface area contributed by atoms with Crippen molar-refractivity contribution in [2.75, 3.05) is 0 Å². The third-order valence-electron chi connectivity index (χ3n) is 2.81. The average molecular weight is 285 g/mol. The van der Waals surface area contributed by atoms with Crippen molar-refractivity contribution >= 4 is 17.7 Å². The molecular weight excluding hydrogens is 260 g/mol. The lowest BCUT2D eigenvalue weighted by molar-refractivity contribution is -0.305. The van der Waals surface area contributed by atoms with E-state index in [1.807, 2.05) is 0 Å². The van der Waals surface area contributed by atoms with Gasteiger partial charge in [-0.3, -0.25) is 9.59 Å². The average Bonchev–Trinajstić information content (AvgIpc) is 2.24. The third kappa shape index (κ3) is 9.53. The lowest BCUT2D eigenvalue weighted by atomic mass is 9.96. The Labute approximate surface area is 120 Å². The molecule has 116 valence electrons. The van der Waals surface area contributed by atoms with Crippen molar-refractivity contribution in [3.63, 3.8) is 0 Å². The highest BCUT2D eigenvalue weighted by atomic mass is 16.6. The van der Waals surface area contributed by atoms with Crippen LogP contribution in [0.2, 0.25) is 0 Å². The molecule has 0 amide bonds. The molecule has 1 unspecified atom stereocenters. The van der Waals surface area contributed by atoms with Gasteiger partial charge in [0, 0.05) is 5.97 Å². The zero-order valence-electron chi connectivity index (χ0n) is 12.9. The summed E-state index contributed by atoms with van der Waals surface area (Å²) in [4.78, 5) is 33.6. The molecule has 20 heavy (non-hydrogen) atoms. The molecule has 5 heteroatoms. The fourth-order valence-electron chi connectivity index (χ4n) is 1.83. The summed E-state index contributed by atoms with van der Waals surface area (Å²) in [6.07, 6.45) is 3.33. The van der Waals surface area contributed by atoms with Gasteiger partial charge in [-0.2, -0.15) is 0 Å². The van der Waals surface area contributed by atoms with Crippen molar-refractivity contribution < 1.29 is 24.2 Å². The fourth-order valence-corrected chi connectivity index (χ4v) is 1.83. The van der Waals surface area contributed by atoms with Crippen LogP contribution in [0.4, 0.5) is 0 Å². The van der Waals surface area contributed by atoms with Crippen molar-refractivity contribution in [1.82, 2.24) is 0 Å². The largest absolute Gasteiger partial charge is 0.550 e. The molecule has 0 aliphatic rings. The lowest BCUT2D eigenvalue weighted by Crippen LogP contribution is -2.31. The van der Waals surface area contributed by atoms with Gasteiger partial charge >= 0.3 is 5.97 Å². The van der Waals surface area contributed by atoms with Crippen molar-refractivity contribution in [2.45, 2.75) is 71.8 Å². The molecule has 0 rings (SSSR count). The van der Waals surface area contributed by atoms with Crippen molar-refractivity contribution in [1.29, 1.82) is 0 Å². The molecule has 0 aromatic rings. The van der Waals surface area contributed by atoms with Gasteiger partial charge in [-0.15, -0.1) is 0 Å². The molecule has 0 aliphatic heterocycles. The second-order valence-corrected chi connectivity index (χ2v) is 6.02. The van der Waals surface area contributed by atoms with Gasteiger partial charge in [0.15, 0.2) is 0 Å². The van der Waals surface area contributed by atoms with Crippen LogP contribution in [0.1, 0.15) is 66.2 Å². The summed E-state index contributed by atoms with van der Waals surface area (Å²) in [6.45, 7) is 6.69. The summed E-state index contributed by atoms with van der Waals surface area (Å²) in [5.41, 5.74) is -0.598. The Morgan fingerprint density at radius 1 is 1.05 bits per heavy atom. The molecule has 0 N–H and O–H groups in total. The van der Waals surface area contributed by atoms with E-state index in [2.05, 4.69) is 0 Å². The first kappa shape index (κ1) is 18.6. The lowest BCUT2D eigenvalue weighted by Gasteiger charge is -2.22. The van der Waals surface area contributed by atoms with Crippen molar-refractivity contribution in [2.24, 2.45) is 5.92 Å². The number of aliphatic carboxylic acids is 1. The van der Waals surface area contributed by atoms with Gasteiger partial charge in [0.05, 0.1) is 0 Å². The van der Waals surface area contributed by atoms with E-state index in [1.54, 1.807) is 20.8 Å². The summed E-state index contributed by atoms with van der Waals surface area (Å²) in [5.74, 6) is -2.41. The van der Waals surface area contributed by atoms with E-state index in [4.69, 9.17) is 4.74 Å². The zero-order chi connectivity index (χ0) is 15.8. The molecule has 0 aromatic carbocycles. The van der Waals surface area contributed by atoms with Crippen LogP contribution in [0.3, 0.4) is 0 Å². The van der Waals surface area contributed by atoms with E-state index < -0.39 is 23.5 Å². The Morgan fingerprint density at radius 3 is 2.05 bits per heavy atom. The quantitative estimate of drug-likeness (QED) is 0.365. The minimum atomic E-state index is -1.04. The first-order valence-electron chi connectivity index (χ1n) is 7.06. The van der Waals surface area contributed by atoms with Crippen molar-refractivity contribution in [3.05, 3.63) is 0 Å². The molecule has 0 fully saturated rings. The highest BCUT2D eigenvalue weighted by Gasteiger charge is 2.28. The van der Waals surface area contributed by atoms with Gasteiger partial charge in [0.1, 0.15) is 17.3 Å². The number of hydrogen-bond donors (Lipinski definition) is 0. The summed E-state index contributed by atoms with van der Waals surface area (Å²) < 4.78 is 5.23. The zero-order valence-corrected chi connectivity index (χ0v) is 12.9. The number of hydrogen-bond acceptors (Lipinski definition) is 5. The van der Waals surface area contributed by atoms with Gasteiger partial charge in [-0.25, -0.2) is 0 Å². The van der Waals surface area contributed by atoms with Gasteiger partial charge in [0.25, 0.3) is 0 Å². The molecule has 0 radical (unpaired) electrons. The highest BCUT2D eigenvalue weighted by Crippen LogP contribution is 2.18. The van der Waals surface area contributed by atoms with Crippen LogP contribution in [-0.2, 0) is 19.1 Å². The van der Waals surface area contributed by atoms with E-state index in [0.29, 0.717) is 19.3 Å². The normalized spacial score (nSPS) is 12.8. The minimum Gasteiger partial charge on any atom is -0.550 e. The second kappa shape index (κ2) is 8.72. The first-order valence-corrected chi connectivity index (χ1v) is 7.06. The molecule has 0 aromatic heterocycles. The van der Waals surface area contributed by atoms with Crippen LogP contribution in [-0.4, -0.2) is 23.3 Å². The maximum atomic E-state index is 11.9. The van der Waals surface area contributed by atoms with E-state index in [-0.39, 0.29) is 12.2 Å². The molecule has 5 nitrogen and oxygen atoms in total. The Balaban J connectivity index is 4.07. The van der Waals surface area contributed by atoms with E-state index in [0.717, 1.165) is 12.8 Å². The van der Waals surface area contributed by atoms with Gasteiger partial charge in [-0.05, 0) is 47.0 Å². The minimum absolute atomic E-state index is 0.0577. The maximum Gasteiger partial charge on any atom is 0.316 e. The second-order valence-electron chi connectivity index (χ2n) is 6.02. The van der Waals surface area contributed by atoms with Crippen LogP contribution >= 0.6 is 0 Å². The Kier molecular flexibility index (Phi) is 8.11. The monoisotopic (exact) mass is 285 g/mol. The number of carbonyl (C=O) groups is 3. The SMILES string of the molecule is CC(=O)C(CCCCCCC(=O)[O-])C(=O)OC(C)(C)C. The van der Waals surface area contributed by atoms with E-state index in [9.17, 15) is 19.5 Å². The number of ether oxygens (including phenoxy) is 1. The van der Waals surface area contributed by atoms with Crippen LogP contribution in [0, 0.1) is 5.92 Å². The molecule has 1 atom stereocenters. The van der Waals surface area contributed by atoms with Gasteiger partial charge in [0.2, 0.25) is 0 Å². The van der Waals surface area contributed by atoms with Crippen LogP contribution in [0.25, 0.3) is 0 Å². The number of carboxylic acids is 1. The number of ketones is 1. The van der Waals surface area contributed by atoms with Crippen molar-refractivity contribution in [3.8, 4) is 0 Å². The number of carbonyl (C=O) groups excluding carboxylic acids is 3. The van der Waals surface area contributed by atoms with Crippen LogP contribution < -0.4 is 5.11 Å². The number of rotatable bonds is 9. The molecule has 0 saturated carbocycles. The summed E-state index contributed by atoms with van der Waals surface area (Å²) >= 11 is 0. The van der Waals surface area contributed by atoms with Crippen LogP contribution in [0.15, 0.2) is 0 Å². The Bertz CT molecular complexity index is 341. The number of Topliss-reactive ketones (excluding diaryl/α,β-unsaturated/α-hetero) is 1. The molecule has 0 aliphatic carbocycles. The summed E-state index contributed by atoms with van der Waals surface area (Å²) in [7, 11) is 0. The molecular formula is C15H25O5-. The summed E-state index contributed by atoms with van der Waals surface area (Å²) in [5, 5.41) is 10.2. The molecule has 0 spiro atoms. The number of esters is 1. The fraction of sp³-hybridized carbons (Fsp3) is 0.800. The molecule has 0 bridgehead atoms.